The summed E-state index contributed by atoms with van der Waals surface area (Å²) < 4.78 is 13.9. The Morgan fingerprint density at radius 1 is 1.09 bits per heavy atom. The number of aromatic nitrogens is 2. The van der Waals surface area contributed by atoms with Crippen LogP contribution in [0.4, 0.5) is 5.82 Å². The van der Waals surface area contributed by atoms with Crippen molar-refractivity contribution in [3.8, 4) is 11.5 Å². The third-order valence-electron chi connectivity index (χ3n) is 5.88. The van der Waals surface area contributed by atoms with Gasteiger partial charge < -0.3 is 19.7 Å². The van der Waals surface area contributed by atoms with Crippen LogP contribution in [0.3, 0.4) is 0 Å². The summed E-state index contributed by atoms with van der Waals surface area (Å²) in [5, 5.41) is 3.03. The number of nitrogens with zero attached hydrogens (tertiary/aromatic N) is 3. The van der Waals surface area contributed by atoms with Gasteiger partial charge in [0.2, 0.25) is 5.91 Å². The van der Waals surface area contributed by atoms with Crippen LogP contribution in [0, 0.1) is 5.92 Å². The molecule has 1 amide bonds. The third-order valence-corrected chi connectivity index (χ3v) is 5.88. The molecule has 9 nitrogen and oxygen atoms in total. The molecule has 180 valence electrons. The first-order chi connectivity index (χ1) is 15.9. The van der Waals surface area contributed by atoms with Crippen molar-refractivity contribution in [3.63, 3.8) is 0 Å². The van der Waals surface area contributed by atoms with Crippen LogP contribution >= 0.6 is 0 Å². The number of carbonyl (C=O) groups excluding carboxylic acids is 1. The van der Waals surface area contributed by atoms with Crippen molar-refractivity contribution >= 4 is 11.7 Å². The molecule has 9 heteroatoms. The number of carbonyl (C=O) groups is 1. The number of rotatable bonds is 9. The zero-order chi connectivity index (χ0) is 24.0. The standard InChI is InChI=1S/C24H34N4O5/c1-5-28-21(14-22(29)26(4)24(28)31)27-12-8-9-18(16-27)23(30)25-15-17-10-11-19(32-6-2)20(13-17)33-7-3/h10-11,13-14,18H,5-9,12,15-16H2,1-4H3,(H,25,30)/t18-/m1/s1. The Balaban J connectivity index is 1.69. The zero-order valence-electron chi connectivity index (χ0n) is 19.9. The number of amides is 1. The van der Waals surface area contributed by atoms with Gasteiger partial charge >= 0.3 is 5.69 Å². The van der Waals surface area contributed by atoms with Crippen LogP contribution in [0.5, 0.6) is 11.5 Å². The Labute approximate surface area is 193 Å². The van der Waals surface area contributed by atoms with Crippen molar-refractivity contribution in [3.05, 3.63) is 50.7 Å². The predicted octanol–water partition coefficient (Wildman–Crippen LogP) is 1.90. The van der Waals surface area contributed by atoms with E-state index in [0.717, 1.165) is 23.0 Å². The quantitative estimate of drug-likeness (QED) is 0.617. The molecule has 3 rings (SSSR count). The Kier molecular flexibility index (Phi) is 8.19. The second kappa shape index (κ2) is 11.1. The molecule has 1 atom stereocenters. The summed E-state index contributed by atoms with van der Waals surface area (Å²) in [6, 6.07) is 7.15. The summed E-state index contributed by atoms with van der Waals surface area (Å²) in [6.45, 7) is 8.79. The van der Waals surface area contributed by atoms with Crippen molar-refractivity contribution in [2.75, 3.05) is 31.2 Å². The average molecular weight is 459 g/mol. The molecule has 2 heterocycles. The highest BCUT2D eigenvalue weighted by molar-refractivity contribution is 5.79. The number of hydrogen-bond donors (Lipinski definition) is 1. The fraction of sp³-hybridized carbons (Fsp3) is 0.542. The Morgan fingerprint density at radius 3 is 2.52 bits per heavy atom. The van der Waals surface area contributed by atoms with Gasteiger partial charge in [-0.25, -0.2) is 4.79 Å². The minimum atomic E-state index is -0.341. The summed E-state index contributed by atoms with van der Waals surface area (Å²) in [7, 11) is 1.48. The maximum Gasteiger partial charge on any atom is 0.332 e. The van der Waals surface area contributed by atoms with E-state index in [9.17, 15) is 14.4 Å². The maximum absolute atomic E-state index is 12.9. The summed E-state index contributed by atoms with van der Waals surface area (Å²) in [5.41, 5.74) is 0.244. The highest BCUT2D eigenvalue weighted by Gasteiger charge is 2.27. The van der Waals surface area contributed by atoms with Crippen LogP contribution in [-0.2, 0) is 24.9 Å². The molecule has 0 bridgehead atoms. The fourth-order valence-corrected chi connectivity index (χ4v) is 4.16. The molecule has 0 unspecified atom stereocenters. The lowest BCUT2D eigenvalue weighted by Gasteiger charge is -2.34. The van der Waals surface area contributed by atoms with Gasteiger partial charge in [0, 0.05) is 39.3 Å². The molecule has 1 saturated heterocycles. The lowest BCUT2D eigenvalue weighted by Crippen LogP contribution is -2.47. The number of nitrogens with one attached hydrogen (secondary N) is 1. The molecule has 1 fully saturated rings. The molecule has 1 aromatic carbocycles. The number of ether oxygens (including phenoxy) is 2. The molecular weight excluding hydrogens is 424 g/mol. The molecule has 2 aromatic rings. The normalized spacial score (nSPS) is 15.9. The summed E-state index contributed by atoms with van der Waals surface area (Å²) >= 11 is 0. The van der Waals surface area contributed by atoms with E-state index < -0.39 is 0 Å². The fourth-order valence-electron chi connectivity index (χ4n) is 4.16. The highest BCUT2D eigenvalue weighted by Crippen LogP contribution is 2.28. The Bertz CT molecular complexity index is 1090. The van der Waals surface area contributed by atoms with Crippen LogP contribution in [0.25, 0.3) is 0 Å². The van der Waals surface area contributed by atoms with Crippen LogP contribution in [0.2, 0.25) is 0 Å². The second-order valence-electron chi connectivity index (χ2n) is 8.08. The third kappa shape index (κ3) is 5.58. The van der Waals surface area contributed by atoms with E-state index in [0.29, 0.717) is 56.7 Å². The van der Waals surface area contributed by atoms with Crippen LogP contribution < -0.4 is 30.9 Å². The molecule has 0 spiro atoms. The molecule has 33 heavy (non-hydrogen) atoms. The van der Waals surface area contributed by atoms with Gasteiger partial charge in [-0.3, -0.25) is 18.7 Å². The SMILES string of the molecule is CCOc1ccc(CNC(=O)[C@@H]2CCCN(c3cc(=O)n(C)c(=O)n3CC)C2)cc1OCC. The van der Waals surface area contributed by atoms with Gasteiger partial charge in [-0.1, -0.05) is 6.07 Å². The van der Waals surface area contributed by atoms with Crippen LogP contribution in [-0.4, -0.2) is 41.3 Å². The topological polar surface area (TPSA) is 94.8 Å². The molecule has 0 radical (unpaired) electrons. The number of piperidine rings is 1. The van der Waals surface area contributed by atoms with Gasteiger partial charge in [-0.15, -0.1) is 0 Å². The zero-order valence-corrected chi connectivity index (χ0v) is 19.9. The smallest absolute Gasteiger partial charge is 0.332 e. The number of hydrogen-bond acceptors (Lipinski definition) is 6. The van der Waals surface area contributed by atoms with E-state index in [4.69, 9.17) is 9.47 Å². The minimum absolute atomic E-state index is 0.0410. The molecule has 1 aromatic heterocycles. The van der Waals surface area contributed by atoms with E-state index >= 15 is 0 Å². The molecule has 0 saturated carbocycles. The highest BCUT2D eigenvalue weighted by atomic mass is 16.5. The van der Waals surface area contributed by atoms with Crippen LogP contribution in [0.1, 0.15) is 39.2 Å². The van der Waals surface area contributed by atoms with E-state index in [1.54, 1.807) is 4.57 Å². The molecular formula is C24H34N4O5. The van der Waals surface area contributed by atoms with Crippen molar-refractivity contribution in [1.82, 2.24) is 14.5 Å². The van der Waals surface area contributed by atoms with Gasteiger partial charge in [0.25, 0.3) is 5.56 Å². The van der Waals surface area contributed by atoms with Gasteiger partial charge in [-0.05, 0) is 51.3 Å². The average Bonchev–Trinajstić information content (AvgIpc) is 2.82. The first kappa shape index (κ1) is 24.4. The monoisotopic (exact) mass is 458 g/mol. The maximum atomic E-state index is 12.9. The van der Waals surface area contributed by atoms with Gasteiger partial charge in [0.05, 0.1) is 19.1 Å². The van der Waals surface area contributed by atoms with E-state index in [1.165, 1.54) is 13.1 Å². The molecule has 0 aliphatic carbocycles. The lowest BCUT2D eigenvalue weighted by atomic mass is 9.97. The van der Waals surface area contributed by atoms with Gasteiger partial charge in [-0.2, -0.15) is 0 Å². The summed E-state index contributed by atoms with van der Waals surface area (Å²) in [4.78, 5) is 39.6. The molecule has 1 N–H and O–H groups in total. The predicted molar refractivity (Wildman–Crippen MR) is 127 cm³/mol. The van der Waals surface area contributed by atoms with E-state index in [1.807, 2.05) is 43.9 Å². The van der Waals surface area contributed by atoms with Crippen LogP contribution in [0.15, 0.2) is 33.9 Å². The molecule has 1 aliphatic heterocycles. The van der Waals surface area contributed by atoms with Gasteiger partial charge in [0.15, 0.2) is 11.5 Å². The van der Waals surface area contributed by atoms with Crippen molar-refractivity contribution in [2.45, 2.75) is 46.7 Å². The number of anilines is 1. The largest absolute Gasteiger partial charge is 0.490 e. The summed E-state index contributed by atoms with van der Waals surface area (Å²) in [6.07, 6.45) is 1.57. The Morgan fingerprint density at radius 2 is 1.82 bits per heavy atom. The second-order valence-corrected chi connectivity index (χ2v) is 8.08. The van der Waals surface area contributed by atoms with E-state index in [-0.39, 0.29) is 23.1 Å². The van der Waals surface area contributed by atoms with Gasteiger partial charge in [0.1, 0.15) is 5.82 Å². The minimum Gasteiger partial charge on any atom is -0.490 e. The lowest BCUT2D eigenvalue weighted by molar-refractivity contribution is -0.125. The van der Waals surface area contributed by atoms with Crippen molar-refractivity contribution < 1.29 is 14.3 Å². The van der Waals surface area contributed by atoms with Crippen molar-refractivity contribution in [2.24, 2.45) is 13.0 Å². The first-order valence-corrected chi connectivity index (χ1v) is 11.6. The molecule has 1 aliphatic rings. The summed E-state index contributed by atoms with van der Waals surface area (Å²) in [5.74, 6) is 1.67. The Hall–Kier alpha value is -3.23. The number of benzene rings is 1. The first-order valence-electron chi connectivity index (χ1n) is 11.6. The van der Waals surface area contributed by atoms with Crippen molar-refractivity contribution in [1.29, 1.82) is 0 Å². The van der Waals surface area contributed by atoms with E-state index in [2.05, 4.69) is 5.32 Å².